The highest BCUT2D eigenvalue weighted by atomic mass is 16.5. The number of benzene rings is 2. The fourth-order valence-corrected chi connectivity index (χ4v) is 2.27. The second-order valence-electron chi connectivity index (χ2n) is 5.78. The highest BCUT2D eigenvalue weighted by Crippen LogP contribution is 2.15. The number of aryl methyl sites for hydroxylation is 2. The Labute approximate surface area is 143 Å². The number of ether oxygens (including phenoxy) is 2. The minimum absolute atomic E-state index is 0.120. The first-order valence-electron chi connectivity index (χ1n) is 8.29. The first kappa shape index (κ1) is 17.9. The van der Waals surface area contributed by atoms with Gasteiger partial charge < -0.3 is 14.8 Å². The summed E-state index contributed by atoms with van der Waals surface area (Å²) < 4.78 is 11.4. The van der Waals surface area contributed by atoms with E-state index in [1.807, 2.05) is 69.3 Å². The normalized spacial score (nSPS) is 11.6. The molecule has 2 aromatic rings. The number of rotatable bonds is 8. The zero-order chi connectivity index (χ0) is 17.4. The number of hydrogen-bond acceptors (Lipinski definition) is 3. The molecule has 2 aromatic carbocycles. The SMILES string of the molecule is CC[C@H](Oc1ccc(C)cc1)C(=O)NCCOc1cccc(C)c1. The van der Waals surface area contributed by atoms with Gasteiger partial charge in [-0.15, -0.1) is 0 Å². The summed E-state index contributed by atoms with van der Waals surface area (Å²) in [6, 6.07) is 15.5. The van der Waals surface area contributed by atoms with Gasteiger partial charge in [-0.3, -0.25) is 4.79 Å². The summed E-state index contributed by atoms with van der Waals surface area (Å²) in [5.41, 5.74) is 2.31. The summed E-state index contributed by atoms with van der Waals surface area (Å²) in [5.74, 6) is 1.40. The molecule has 128 valence electrons. The molecule has 0 unspecified atom stereocenters. The van der Waals surface area contributed by atoms with Gasteiger partial charge in [0, 0.05) is 0 Å². The maximum Gasteiger partial charge on any atom is 0.261 e. The van der Waals surface area contributed by atoms with Gasteiger partial charge >= 0.3 is 0 Å². The molecule has 0 bridgehead atoms. The van der Waals surface area contributed by atoms with Crippen LogP contribution in [0.3, 0.4) is 0 Å². The van der Waals surface area contributed by atoms with Crippen molar-refractivity contribution in [1.82, 2.24) is 5.32 Å². The van der Waals surface area contributed by atoms with E-state index in [2.05, 4.69) is 5.32 Å². The van der Waals surface area contributed by atoms with Crippen LogP contribution in [-0.2, 0) is 4.79 Å². The van der Waals surface area contributed by atoms with E-state index in [1.54, 1.807) is 0 Å². The van der Waals surface area contributed by atoms with E-state index in [1.165, 1.54) is 0 Å². The molecule has 1 amide bonds. The van der Waals surface area contributed by atoms with Gasteiger partial charge in [0.2, 0.25) is 0 Å². The predicted octanol–water partition coefficient (Wildman–Crippen LogP) is 3.66. The van der Waals surface area contributed by atoms with E-state index >= 15 is 0 Å². The van der Waals surface area contributed by atoms with Crippen LogP contribution in [0.2, 0.25) is 0 Å². The molecule has 0 saturated heterocycles. The van der Waals surface area contributed by atoms with Crippen molar-refractivity contribution >= 4 is 5.91 Å². The van der Waals surface area contributed by atoms with Crippen molar-refractivity contribution in [2.75, 3.05) is 13.2 Å². The molecule has 0 aliphatic heterocycles. The van der Waals surface area contributed by atoms with Gasteiger partial charge in [-0.2, -0.15) is 0 Å². The Morgan fingerprint density at radius 3 is 2.46 bits per heavy atom. The summed E-state index contributed by atoms with van der Waals surface area (Å²) in [4.78, 5) is 12.2. The molecule has 0 heterocycles. The summed E-state index contributed by atoms with van der Waals surface area (Å²) in [5, 5.41) is 2.86. The Bertz CT molecular complexity index is 652. The van der Waals surface area contributed by atoms with Crippen LogP contribution in [0, 0.1) is 13.8 Å². The molecule has 0 fully saturated rings. The third-order valence-electron chi connectivity index (χ3n) is 3.62. The third kappa shape index (κ3) is 5.61. The minimum Gasteiger partial charge on any atom is -0.492 e. The standard InChI is InChI=1S/C20H25NO3/c1-4-19(24-17-10-8-15(2)9-11-17)20(22)21-12-13-23-18-7-5-6-16(3)14-18/h5-11,14,19H,4,12-13H2,1-3H3,(H,21,22)/t19-/m0/s1. The van der Waals surface area contributed by atoms with E-state index in [4.69, 9.17) is 9.47 Å². The fourth-order valence-electron chi connectivity index (χ4n) is 2.27. The fraction of sp³-hybridized carbons (Fsp3) is 0.350. The molecule has 0 radical (unpaired) electrons. The van der Waals surface area contributed by atoms with Gasteiger partial charge in [0.1, 0.15) is 18.1 Å². The highest BCUT2D eigenvalue weighted by Gasteiger charge is 2.17. The Balaban J connectivity index is 1.76. The van der Waals surface area contributed by atoms with Gasteiger partial charge in [0.25, 0.3) is 5.91 Å². The number of carbonyl (C=O) groups is 1. The van der Waals surface area contributed by atoms with Crippen LogP contribution in [0.15, 0.2) is 48.5 Å². The monoisotopic (exact) mass is 327 g/mol. The van der Waals surface area contributed by atoms with Crippen molar-refractivity contribution in [3.63, 3.8) is 0 Å². The first-order chi connectivity index (χ1) is 11.6. The van der Waals surface area contributed by atoms with Crippen LogP contribution in [-0.4, -0.2) is 25.2 Å². The lowest BCUT2D eigenvalue weighted by molar-refractivity contribution is -0.128. The Kier molecular flexibility index (Phi) is 6.67. The van der Waals surface area contributed by atoms with Gasteiger partial charge in [-0.1, -0.05) is 36.8 Å². The molecule has 0 aliphatic rings. The summed E-state index contributed by atoms with van der Waals surface area (Å²) in [7, 11) is 0. The number of amides is 1. The zero-order valence-electron chi connectivity index (χ0n) is 14.5. The average Bonchev–Trinajstić information content (AvgIpc) is 2.58. The molecule has 0 spiro atoms. The van der Waals surface area contributed by atoms with Gasteiger partial charge in [-0.05, 0) is 50.1 Å². The lowest BCUT2D eigenvalue weighted by Gasteiger charge is -2.17. The van der Waals surface area contributed by atoms with Crippen LogP contribution < -0.4 is 14.8 Å². The molecule has 0 aliphatic carbocycles. The van der Waals surface area contributed by atoms with Crippen molar-refractivity contribution in [3.8, 4) is 11.5 Å². The smallest absolute Gasteiger partial charge is 0.261 e. The Hall–Kier alpha value is -2.49. The molecule has 0 saturated carbocycles. The third-order valence-corrected chi connectivity index (χ3v) is 3.62. The van der Waals surface area contributed by atoms with E-state index < -0.39 is 6.10 Å². The number of nitrogens with one attached hydrogen (secondary N) is 1. The van der Waals surface area contributed by atoms with E-state index in [0.29, 0.717) is 25.3 Å². The van der Waals surface area contributed by atoms with E-state index in [-0.39, 0.29) is 5.91 Å². The van der Waals surface area contributed by atoms with E-state index in [9.17, 15) is 4.79 Å². The lowest BCUT2D eigenvalue weighted by atomic mass is 10.2. The summed E-state index contributed by atoms with van der Waals surface area (Å²) >= 11 is 0. The Morgan fingerprint density at radius 1 is 1.04 bits per heavy atom. The van der Waals surface area contributed by atoms with Crippen LogP contribution >= 0.6 is 0 Å². The Morgan fingerprint density at radius 2 is 1.79 bits per heavy atom. The lowest BCUT2D eigenvalue weighted by Crippen LogP contribution is -2.39. The summed E-state index contributed by atoms with van der Waals surface area (Å²) in [6.45, 7) is 6.84. The maximum absolute atomic E-state index is 12.2. The minimum atomic E-state index is -0.494. The summed E-state index contributed by atoms with van der Waals surface area (Å²) in [6.07, 6.45) is 0.116. The van der Waals surface area contributed by atoms with Crippen LogP contribution in [0.25, 0.3) is 0 Å². The molecule has 1 atom stereocenters. The molecule has 24 heavy (non-hydrogen) atoms. The molecule has 4 heteroatoms. The topological polar surface area (TPSA) is 47.6 Å². The van der Waals surface area contributed by atoms with Crippen molar-refractivity contribution in [3.05, 3.63) is 59.7 Å². The number of hydrogen-bond donors (Lipinski definition) is 1. The zero-order valence-corrected chi connectivity index (χ0v) is 14.5. The van der Waals surface area contributed by atoms with Crippen molar-refractivity contribution in [1.29, 1.82) is 0 Å². The predicted molar refractivity (Wildman–Crippen MR) is 95.6 cm³/mol. The second kappa shape index (κ2) is 8.96. The van der Waals surface area contributed by atoms with Gasteiger partial charge in [0.15, 0.2) is 6.10 Å². The molecule has 4 nitrogen and oxygen atoms in total. The van der Waals surface area contributed by atoms with Crippen molar-refractivity contribution in [2.24, 2.45) is 0 Å². The van der Waals surface area contributed by atoms with Crippen LogP contribution in [0.5, 0.6) is 11.5 Å². The van der Waals surface area contributed by atoms with E-state index in [0.717, 1.165) is 16.9 Å². The molecular formula is C20H25NO3. The molecule has 2 rings (SSSR count). The van der Waals surface area contributed by atoms with Crippen molar-refractivity contribution in [2.45, 2.75) is 33.3 Å². The largest absolute Gasteiger partial charge is 0.492 e. The first-order valence-corrected chi connectivity index (χ1v) is 8.29. The van der Waals surface area contributed by atoms with Crippen LogP contribution in [0.4, 0.5) is 0 Å². The average molecular weight is 327 g/mol. The van der Waals surface area contributed by atoms with Crippen LogP contribution in [0.1, 0.15) is 24.5 Å². The van der Waals surface area contributed by atoms with Gasteiger partial charge in [0.05, 0.1) is 6.54 Å². The van der Waals surface area contributed by atoms with Gasteiger partial charge in [-0.25, -0.2) is 0 Å². The quantitative estimate of drug-likeness (QED) is 0.753. The molecular weight excluding hydrogens is 302 g/mol. The molecule has 0 aromatic heterocycles. The molecule has 1 N–H and O–H groups in total. The number of carbonyl (C=O) groups excluding carboxylic acids is 1. The second-order valence-corrected chi connectivity index (χ2v) is 5.78. The highest BCUT2D eigenvalue weighted by molar-refractivity contribution is 5.81. The maximum atomic E-state index is 12.2. The van der Waals surface area contributed by atoms with Crippen molar-refractivity contribution < 1.29 is 14.3 Å².